The molecule has 1 aliphatic heterocycles. The molecule has 1 atom stereocenters. The van der Waals surface area contributed by atoms with Crippen molar-refractivity contribution in [2.45, 2.75) is 19.5 Å². The molecule has 1 aromatic rings. The van der Waals surface area contributed by atoms with Gasteiger partial charge in [-0.25, -0.2) is 0 Å². The van der Waals surface area contributed by atoms with Gasteiger partial charge in [-0.1, -0.05) is 12.1 Å². The maximum absolute atomic E-state index is 12.1. The molecule has 0 spiro atoms. The van der Waals surface area contributed by atoms with E-state index < -0.39 is 0 Å². The summed E-state index contributed by atoms with van der Waals surface area (Å²) in [6.45, 7) is 5.22. The highest BCUT2D eigenvalue weighted by atomic mass is 16.5. The molecule has 22 heavy (non-hydrogen) atoms. The van der Waals surface area contributed by atoms with Crippen molar-refractivity contribution in [3.63, 3.8) is 0 Å². The third-order valence-electron chi connectivity index (χ3n) is 3.46. The number of carbonyl (C=O) groups excluding carboxylic acids is 1. The number of hydrogen-bond donors (Lipinski definition) is 2. The topological polar surface area (TPSA) is 68.8 Å². The maximum Gasteiger partial charge on any atom is 0.239 e. The zero-order valence-corrected chi connectivity index (χ0v) is 13.2. The lowest BCUT2D eigenvalue weighted by molar-refractivity contribution is -0.126. The summed E-state index contributed by atoms with van der Waals surface area (Å²) in [7, 11) is 1.64. The van der Waals surface area contributed by atoms with E-state index >= 15 is 0 Å². The molecular formula is C16H24N2O4. The van der Waals surface area contributed by atoms with E-state index in [1.807, 2.05) is 25.1 Å². The SMILES string of the molecule is COCCOc1cc(C)ccc1CNC(=O)C1COCCN1. The first kappa shape index (κ1) is 16.7. The van der Waals surface area contributed by atoms with Gasteiger partial charge >= 0.3 is 0 Å². The number of ether oxygens (including phenoxy) is 3. The molecule has 0 radical (unpaired) electrons. The van der Waals surface area contributed by atoms with E-state index in [-0.39, 0.29) is 11.9 Å². The van der Waals surface area contributed by atoms with E-state index in [9.17, 15) is 4.79 Å². The normalized spacial score (nSPS) is 18.0. The first-order chi connectivity index (χ1) is 10.7. The minimum Gasteiger partial charge on any atom is -0.491 e. The van der Waals surface area contributed by atoms with Gasteiger partial charge in [0.05, 0.1) is 19.8 Å². The molecule has 0 aliphatic carbocycles. The largest absolute Gasteiger partial charge is 0.491 e. The van der Waals surface area contributed by atoms with E-state index in [4.69, 9.17) is 14.2 Å². The van der Waals surface area contributed by atoms with Gasteiger partial charge in [0.2, 0.25) is 5.91 Å². The van der Waals surface area contributed by atoms with Crippen molar-refractivity contribution in [3.05, 3.63) is 29.3 Å². The molecule has 1 unspecified atom stereocenters. The van der Waals surface area contributed by atoms with Crippen LogP contribution < -0.4 is 15.4 Å². The number of hydrogen-bond acceptors (Lipinski definition) is 5. The van der Waals surface area contributed by atoms with Crippen LogP contribution in [0.5, 0.6) is 5.75 Å². The fourth-order valence-corrected chi connectivity index (χ4v) is 2.22. The molecular weight excluding hydrogens is 284 g/mol. The van der Waals surface area contributed by atoms with E-state index in [1.165, 1.54) is 0 Å². The minimum absolute atomic E-state index is 0.0527. The first-order valence-electron chi connectivity index (χ1n) is 7.51. The Morgan fingerprint density at radius 3 is 3.05 bits per heavy atom. The Labute approximate surface area is 131 Å². The molecule has 122 valence electrons. The van der Waals surface area contributed by atoms with Gasteiger partial charge in [0, 0.05) is 25.8 Å². The van der Waals surface area contributed by atoms with E-state index in [0.29, 0.717) is 39.5 Å². The molecule has 0 aromatic heterocycles. The van der Waals surface area contributed by atoms with Crippen molar-refractivity contribution < 1.29 is 19.0 Å². The lowest BCUT2D eigenvalue weighted by atomic mass is 10.1. The van der Waals surface area contributed by atoms with E-state index in [2.05, 4.69) is 10.6 Å². The third kappa shape index (κ3) is 4.98. The smallest absolute Gasteiger partial charge is 0.239 e. The molecule has 6 heteroatoms. The second kappa shape index (κ2) is 8.73. The molecule has 1 saturated heterocycles. The maximum atomic E-state index is 12.1. The van der Waals surface area contributed by atoms with Crippen molar-refractivity contribution in [1.82, 2.24) is 10.6 Å². The second-order valence-corrected chi connectivity index (χ2v) is 5.25. The average molecular weight is 308 g/mol. The summed E-state index contributed by atoms with van der Waals surface area (Å²) in [6.07, 6.45) is 0. The van der Waals surface area contributed by atoms with Crippen molar-refractivity contribution in [2.24, 2.45) is 0 Å². The summed E-state index contributed by atoms with van der Waals surface area (Å²) in [5.74, 6) is 0.730. The molecule has 1 aromatic carbocycles. The monoisotopic (exact) mass is 308 g/mol. The van der Waals surface area contributed by atoms with Crippen molar-refractivity contribution >= 4 is 5.91 Å². The van der Waals surface area contributed by atoms with Gasteiger partial charge in [0.1, 0.15) is 18.4 Å². The van der Waals surface area contributed by atoms with Crippen LogP contribution in [-0.4, -0.2) is 52.0 Å². The van der Waals surface area contributed by atoms with E-state index in [0.717, 1.165) is 16.9 Å². The molecule has 2 N–H and O–H groups in total. The highest BCUT2D eigenvalue weighted by Gasteiger charge is 2.21. The summed E-state index contributed by atoms with van der Waals surface area (Å²) in [6, 6.07) is 5.67. The third-order valence-corrected chi connectivity index (χ3v) is 3.46. The van der Waals surface area contributed by atoms with Crippen LogP contribution in [0.4, 0.5) is 0 Å². The summed E-state index contributed by atoms with van der Waals surface area (Å²) in [5.41, 5.74) is 2.07. The molecule has 1 fully saturated rings. The Morgan fingerprint density at radius 1 is 1.45 bits per heavy atom. The molecule has 2 rings (SSSR count). The lowest BCUT2D eigenvalue weighted by Crippen LogP contribution is -2.51. The van der Waals surface area contributed by atoms with Crippen LogP contribution in [0, 0.1) is 6.92 Å². The van der Waals surface area contributed by atoms with Gasteiger partial charge in [0.15, 0.2) is 0 Å². The predicted molar refractivity (Wildman–Crippen MR) is 83.0 cm³/mol. The van der Waals surface area contributed by atoms with E-state index in [1.54, 1.807) is 7.11 Å². The van der Waals surface area contributed by atoms with Gasteiger partial charge in [-0.2, -0.15) is 0 Å². The Morgan fingerprint density at radius 2 is 2.32 bits per heavy atom. The number of nitrogens with one attached hydrogen (secondary N) is 2. The van der Waals surface area contributed by atoms with Crippen molar-refractivity contribution in [2.75, 3.05) is 40.1 Å². The van der Waals surface area contributed by atoms with Crippen LogP contribution in [0.15, 0.2) is 18.2 Å². The molecule has 1 amide bonds. The number of amides is 1. The Balaban J connectivity index is 1.91. The first-order valence-corrected chi connectivity index (χ1v) is 7.51. The molecule has 6 nitrogen and oxygen atoms in total. The second-order valence-electron chi connectivity index (χ2n) is 5.25. The highest BCUT2D eigenvalue weighted by Crippen LogP contribution is 2.20. The highest BCUT2D eigenvalue weighted by molar-refractivity contribution is 5.82. The van der Waals surface area contributed by atoms with Gasteiger partial charge in [0.25, 0.3) is 0 Å². The minimum atomic E-state index is -0.281. The lowest BCUT2D eigenvalue weighted by Gasteiger charge is -2.23. The average Bonchev–Trinajstić information content (AvgIpc) is 2.55. The molecule has 0 bridgehead atoms. The van der Waals surface area contributed by atoms with Gasteiger partial charge in [-0.15, -0.1) is 0 Å². The van der Waals surface area contributed by atoms with Crippen LogP contribution in [0.2, 0.25) is 0 Å². The van der Waals surface area contributed by atoms with Crippen LogP contribution in [-0.2, 0) is 20.8 Å². The zero-order chi connectivity index (χ0) is 15.8. The summed E-state index contributed by atoms with van der Waals surface area (Å²) < 4.78 is 16.0. The predicted octanol–water partition coefficient (Wildman–Crippen LogP) is 0.625. The number of aryl methyl sites for hydroxylation is 1. The molecule has 0 saturated carbocycles. The van der Waals surface area contributed by atoms with Crippen LogP contribution >= 0.6 is 0 Å². The summed E-state index contributed by atoms with van der Waals surface area (Å²) in [4.78, 5) is 12.1. The molecule has 1 aliphatic rings. The van der Waals surface area contributed by atoms with Crippen LogP contribution in [0.1, 0.15) is 11.1 Å². The molecule has 1 heterocycles. The number of rotatable bonds is 7. The Bertz CT molecular complexity index is 487. The van der Waals surface area contributed by atoms with Crippen LogP contribution in [0.3, 0.4) is 0 Å². The number of carbonyl (C=O) groups is 1. The number of morpholine rings is 1. The summed E-state index contributed by atoms with van der Waals surface area (Å²) >= 11 is 0. The fourth-order valence-electron chi connectivity index (χ4n) is 2.22. The Kier molecular flexibility index (Phi) is 6.64. The number of methoxy groups -OCH3 is 1. The number of benzene rings is 1. The van der Waals surface area contributed by atoms with Gasteiger partial charge < -0.3 is 24.8 Å². The fraction of sp³-hybridized carbons (Fsp3) is 0.562. The Hall–Kier alpha value is -1.63. The van der Waals surface area contributed by atoms with Crippen molar-refractivity contribution in [1.29, 1.82) is 0 Å². The van der Waals surface area contributed by atoms with Crippen molar-refractivity contribution in [3.8, 4) is 5.75 Å². The quantitative estimate of drug-likeness (QED) is 0.723. The van der Waals surface area contributed by atoms with Gasteiger partial charge in [-0.3, -0.25) is 4.79 Å². The zero-order valence-electron chi connectivity index (χ0n) is 13.2. The standard InChI is InChI=1S/C16H24N2O4/c1-12-3-4-13(15(9-12)22-8-7-20-2)10-18-16(19)14-11-21-6-5-17-14/h3-4,9,14,17H,5-8,10-11H2,1-2H3,(H,18,19). The van der Waals surface area contributed by atoms with Gasteiger partial charge in [-0.05, 0) is 18.6 Å². The van der Waals surface area contributed by atoms with Crippen LogP contribution in [0.25, 0.3) is 0 Å². The summed E-state index contributed by atoms with van der Waals surface area (Å²) in [5, 5.41) is 6.06.